The predicted molar refractivity (Wildman–Crippen MR) is 438 cm³/mol. The fourth-order valence-corrected chi connectivity index (χ4v) is 15.1. The van der Waals surface area contributed by atoms with Gasteiger partial charge in [0.2, 0.25) is 5.91 Å². The molecule has 0 saturated carbocycles. The van der Waals surface area contributed by atoms with Crippen LogP contribution in [0.15, 0.2) is 48.6 Å². The number of hydrogen-bond acceptors (Lipinski definition) is 13. The Bertz CT molecular complexity index is 1950. The van der Waals surface area contributed by atoms with Crippen molar-refractivity contribution in [2.45, 2.75) is 505 Å². The van der Waals surface area contributed by atoms with E-state index in [0.717, 1.165) is 51.4 Å². The van der Waals surface area contributed by atoms with Crippen molar-refractivity contribution in [1.29, 1.82) is 0 Å². The number of aliphatic hydroxyl groups is 8. The van der Waals surface area contributed by atoms with Gasteiger partial charge in [-0.2, -0.15) is 0 Å². The van der Waals surface area contributed by atoms with Crippen LogP contribution in [0.3, 0.4) is 0 Å². The molecule has 0 aliphatic carbocycles. The van der Waals surface area contributed by atoms with Gasteiger partial charge in [-0.05, 0) is 57.8 Å². The van der Waals surface area contributed by atoms with E-state index in [1.165, 1.54) is 353 Å². The molecular formula is C91H171NO13. The summed E-state index contributed by atoms with van der Waals surface area (Å²) in [7, 11) is 0. The Balaban J connectivity index is 1.55. The lowest BCUT2D eigenvalue weighted by molar-refractivity contribution is -0.359. The second-order valence-electron chi connectivity index (χ2n) is 32.1. The first kappa shape index (κ1) is 99.0. The van der Waals surface area contributed by atoms with E-state index in [9.17, 15) is 45.6 Å². The number of amides is 1. The largest absolute Gasteiger partial charge is 0.394 e. The number of rotatable bonds is 78. The van der Waals surface area contributed by atoms with E-state index >= 15 is 0 Å². The first-order chi connectivity index (χ1) is 51.6. The molecule has 0 bridgehead atoms. The zero-order valence-corrected chi connectivity index (χ0v) is 68.2. The SMILES string of the molecule is CCCCCCC/C=C\C/C=C\C/C=C\CCCCCCCCCCCCCCCCCCCCCCCCCCCCC(=O)NC(COC1OC(CO)C(OC2OC(CO)C(O)C(O)C2O)C(O)C1O)C(O)/C=C/CCCCCCCCCCCCCCCCCCCCCCCCCCCCCC. The average Bonchev–Trinajstić information content (AvgIpc) is 0.769. The molecule has 0 spiro atoms. The van der Waals surface area contributed by atoms with E-state index in [-0.39, 0.29) is 18.9 Å². The third-order valence-electron chi connectivity index (χ3n) is 22.3. The Morgan fingerprint density at radius 2 is 0.629 bits per heavy atom. The molecule has 14 nitrogen and oxygen atoms in total. The van der Waals surface area contributed by atoms with Gasteiger partial charge in [-0.15, -0.1) is 0 Å². The van der Waals surface area contributed by atoms with Gasteiger partial charge in [-0.1, -0.05) is 416 Å². The van der Waals surface area contributed by atoms with Crippen molar-refractivity contribution >= 4 is 5.91 Å². The Labute approximate surface area is 645 Å². The standard InChI is InChI=1S/C91H171NO13/c1-3-5-7-9-11-13-15-17-19-21-23-25-27-29-31-33-35-36-37-38-39-40-41-42-43-44-45-47-49-51-53-55-57-59-61-63-65-67-69-71-73-75-83(96)92-79(78-102-90-88(101)86(99)89(82(77-94)104-90)105-91-87(100)85(98)84(97)81(76-93)103-91)80(95)74-72-70-68-66-64-62-60-58-56-54-52-50-48-46-34-32-30-28-26-24-22-20-18-16-14-12-10-8-6-4-2/h15,17,21,23,27,29,72,74,79-82,84-91,93-95,97-101H,3-14,16,18-20,22,24-26,28,30-71,73,75-78H2,1-2H3,(H,92,96)/b17-15-,23-21-,29-27-,74-72+. The zero-order valence-electron chi connectivity index (χ0n) is 68.2. The number of unbranched alkanes of at least 4 members (excludes halogenated alkanes) is 59. The monoisotopic (exact) mass is 1490 g/mol. The molecule has 0 aromatic carbocycles. The lowest BCUT2D eigenvalue weighted by Crippen LogP contribution is -2.65. The highest BCUT2D eigenvalue weighted by Gasteiger charge is 2.51. The van der Waals surface area contributed by atoms with E-state index < -0.39 is 86.8 Å². The molecule has 1 amide bonds. The van der Waals surface area contributed by atoms with Crippen LogP contribution in [0.2, 0.25) is 0 Å². The van der Waals surface area contributed by atoms with Crippen molar-refractivity contribution < 1.29 is 64.6 Å². The molecule has 12 unspecified atom stereocenters. The molecule has 2 rings (SSSR count). The third-order valence-corrected chi connectivity index (χ3v) is 22.3. The summed E-state index contributed by atoms with van der Waals surface area (Å²) in [4.78, 5) is 13.4. The van der Waals surface area contributed by atoms with E-state index in [1.807, 2.05) is 6.08 Å². The number of allylic oxidation sites excluding steroid dienone is 7. The minimum absolute atomic E-state index is 0.230. The molecule has 9 N–H and O–H groups in total. The molecule has 0 radical (unpaired) electrons. The number of carbonyl (C=O) groups is 1. The lowest BCUT2D eigenvalue weighted by atomic mass is 9.97. The highest BCUT2D eigenvalue weighted by molar-refractivity contribution is 5.76. The van der Waals surface area contributed by atoms with Crippen LogP contribution in [0, 0.1) is 0 Å². The highest BCUT2D eigenvalue weighted by atomic mass is 16.7. The number of carbonyl (C=O) groups excluding carboxylic acids is 1. The van der Waals surface area contributed by atoms with Crippen molar-refractivity contribution in [1.82, 2.24) is 5.32 Å². The van der Waals surface area contributed by atoms with Crippen molar-refractivity contribution in [2.24, 2.45) is 0 Å². The molecule has 2 aliphatic rings. The minimum atomic E-state index is -1.79. The summed E-state index contributed by atoms with van der Waals surface area (Å²) in [5.41, 5.74) is 0. The second kappa shape index (κ2) is 74.7. The first-order valence-electron chi connectivity index (χ1n) is 45.4. The number of hydrogen-bond donors (Lipinski definition) is 9. The summed E-state index contributed by atoms with van der Waals surface area (Å²) in [6, 6.07) is -0.916. The Kier molecular flexibility index (Phi) is 70.4. The van der Waals surface area contributed by atoms with Gasteiger partial charge >= 0.3 is 0 Å². The molecule has 0 aromatic heterocycles. The number of aliphatic hydroxyl groups excluding tert-OH is 8. The molecule has 0 aromatic rings. The maximum absolute atomic E-state index is 13.4. The van der Waals surface area contributed by atoms with Crippen LogP contribution in [0.1, 0.15) is 431 Å². The van der Waals surface area contributed by atoms with Crippen LogP contribution in [0.5, 0.6) is 0 Å². The molecule has 2 saturated heterocycles. The summed E-state index contributed by atoms with van der Waals surface area (Å²) in [6.45, 7) is 2.86. The van der Waals surface area contributed by atoms with E-state index in [2.05, 4.69) is 55.6 Å². The van der Waals surface area contributed by atoms with E-state index in [1.54, 1.807) is 6.08 Å². The van der Waals surface area contributed by atoms with Crippen LogP contribution in [-0.4, -0.2) is 140 Å². The topological polar surface area (TPSA) is 228 Å². The van der Waals surface area contributed by atoms with Gasteiger partial charge < -0.3 is 65.1 Å². The van der Waals surface area contributed by atoms with Crippen LogP contribution in [0.25, 0.3) is 0 Å². The minimum Gasteiger partial charge on any atom is -0.394 e. The molecule has 618 valence electrons. The van der Waals surface area contributed by atoms with Crippen LogP contribution >= 0.6 is 0 Å². The average molecular weight is 1490 g/mol. The number of ether oxygens (including phenoxy) is 4. The highest BCUT2D eigenvalue weighted by Crippen LogP contribution is 2.31. The zero-order chi connectivity index (χ0) is 75.8. The smallest absolute Gasteiger partial charge is 0.220 e. The van der Waals surface area contributed by atoms with Crippen molar-refractivity contribution in [3.05, 3.63) is 48.6 Å². The summed E-state index contributed by atoms with van der Waals surface area (Å²) in [6.07, 6.45) is 85.2. The number of nitrogens with one attached hydrogen (secondary N) is 1. The Morgan fingerprint density at radius 1 is 0.343 bits per heavy atom. The van der Waals surface area contributed by atoms with Gasteiger partial charge in [0.25, 0.3) is 0 Å². The maximum atomic E-state index is 13.4. The summed E-state index contributed by atoms with van der Waals surface area (Å²) < 4.78 is 23.0. The van der Waals surface area contributed by atoms with Gasteiger partial charge in [0.05, 0.1) is 32.0 Å². The molecular weight excluding hydrogens is 1310 g/mol. The quantitative estimate of drug-likeness (QED) is 0.0204. The fraction of sp³-hybridized carbons (Fsp3) is 0.901. The van der Waals surface area contributed by atoms with Crippen LogP contribution < -0.4 is 5.32 Å². The second-order valence-corrected chi connectivity index (χ2v) is 32.1. The molecule has 2 fully saturated rings. The van der Waals surface area contributed by atoms with Gasteiger partial charge in [-0.25, -0.2) is 0 Å². The van der Waals surface area contributed by atoms with E-state index in [0.29, 0.717) is 6.42 Å². The first-order valence-corrected chi connectivity index (χ1v) is 45.4. The Morgan fingerprint density at radius 3 is 0.962 bits per heavy atom. The third kappa shape index (κ3) is 56.8. The van der Waals surface area contributed by atoms with Crippen LogP contribution in [-0.2, 0) is 23.7 Å². The lowest BCUT2D eigenvalue weighted by Gasteiger charge is -2.46. The molecule has 105 heavy (non-hydrogen) atoms. The molecule has 2 aliphatic heterocycles. The van der Waals surface area contributed by atoms with Crippen molar-refractivity contribution in [3.63, 3.8) is 0 Å². The molecule has 14 heteroatoms. The predicted octanol–water partition coefficient (Wildman–Crippen LogP) is 22.1. The van der Waals surface area contributed by atoms with Crippen molar-refractivity contribution in [3.8, 4) is 0 Å². The normalized spacial score (nSPS) is 21.5. The molecule has 12 atom stereocenters. The van der Waals surface area contributed by atoms with Crippen molar-refractivity contribution in [2.75, 3.05) is 19.8 Å². The van der Waals surface area contributed by atoms with E-state index in [4.69, 9.17) is 18.9 Å². The maximum Gasteiger partial charge on any atom is 0.220 e. The van der Waals surface area contributed by atoms with Gasteiger partial charge in [0, 0.05) is 6.42 Å². The molecule has 2 heterocycles. The summed E-state index contributed by atoms with van der Waals surface area (Å²) in [5.74, 6) is -0.230. The van der Waals surface area contributed by atoms with Crippen LogP contribution in [0.4, 0.5) is 0 Å². The summed E-state index contributed by atoms with van der Waals surface area (Å²) >= 11 is 0. The van der Waals surface area contributed by atoms with Gasteiger partial charge in [0.15, 0.2) is 12.6 Å². The van der Waals surface area contributed by atoms with Gasteiger partial charge in [0.1, 0.15) is 48.8 Å². The van der Waals surface area contributed by atoms with Gasteiger partial charge in [-0.3, -0.25) is 4.79 Å². The summed E-state index contributed by atoms with van der Waals surface area (Å²) in [5, 5.41) is 87.9. The fourth-order valence-electron chi connectivity index (χ4n) is 15.1. The Hall–Kier alpha value is -2.05.